The van der Waals surface area contributed by atoms with E-state index in [2.05, 4.69) is 6.92 Å². The first-order valence-corrected chi connectivity index (χ1v) is 6.73. The van der Waals surface area contributed by atoms with Crippen LogP contribution in [0.15, 0.2) is 30.3 Å². The first kappa shape index (κ1) is 13.2. The molecule has 96 valence electrons. The highest BCUT2D eigenvalue weighted by atomic mass is 32.1. The smallest absolute Gasteiger partial charge is 0.126 e. The predicted molar refractivity (Wildman–Crippen MR) is 71.5 cm³/mol. The Morgan fingerprint density at radius 2 is 1.83 bits per heavy atom. The largest absolute Gasteiger partial charge is 0.323 e. The molecule has 1 nitrogen and oxygen atoms in total. The minimum atomic E-state index is -0.558. The highest BCUT2D eigenvalue weighted by molar-refractivity contribution is 7.15. The Bertz CT molecular complexity index is 516. The Labute approximate surface area is 109 Å². The number of hydrogen-bond donors (Lipinski definition) is 1. The van der Waals surface area contributed by atoms with Gasteiger partial charge < -0.3 is 5.73 Å². The van der Waals surface area contributed by atoms with Gasteiger partial charge in [-0.1, -0.05) is 13.3 Å². The molecule has 0 saturated heterocycles. The molecule has 0 bridgehead atoms. The average molecular weight is 267 g/mol. The van der Waals surface area contributed by atoms with Gasteiger partial charge >= 0.3 is 0 Å². The van der Waals surface area contributed by atoms with E-state index in [-0.39, 0.29) is 6.04 Å². The van der Waals surface area contributed by atoms with Crippen molar-refractivity contribution in [2.75, 3.05) is 0 Å². The van der Waals surface area contributed by atoms with Gasteiger partial charge in [0.15, 0.2) is 0 Å². The Hall–Kier alpha value is -1.26. The lowest BCUT2D eigenvalue weighted by Gasteiger charge is -2.06. The van der Waals surface area contributed by atoms with E-state index in [9.17, 15) is 8.78 Å². The molecular formula is C14H15F2NS. The lowest BCUT2D eigenvalue weighted by atomic mass is 10.1. The summed E-state index contributed by atoms with van der Waals surface area (Å²) in [6.45, 7) is 2.08. The molecule has 0 aliphatic carbocycles. The summed E-state index contributed by atoms with van der Waals surface area (Å²) in [6, 6.07) is 7.36. The van der Waals surface area contributed by atoms with Crippen molar-refractivity contribution in [2.24, 2.45) is 5.73 Å². The van der Waals surface area contributed by atoms with E-state index in [4.69, 9.17) is 5.73 Å². The van der Waals surface area contributed by atoms with Gasteiger partial charge in [0.25, 0.3) is 0 Å². The molecule has 1 aromatic heterocycles. The van der Waals surface area contributed by atoms with Crippen LogP contribution in [0.1, 0.15) is 30.7 Å². The van der Waals surface area contributed by atoms with Crippen LogP contribution in [0.3, 0.4) is 0 Å². The summed E-state index contributed by atoms with van der Waals surface area (Å²) < 4.78 is 26.3. The highest BCUT2D eigenvalue weighted by Gasteiger charge is 2.10. The van der Waals surface area contributed by atoms with E-state index in [0.717, 1.165) is 28.7 Å². The van der Waals surface area contributed by atoms with Crippen LogP contribution in [0.2, 0.25) is 0 Å². The highest BCUT2D eigenvalue weighted by Crippen LogP contribution is 2.32. The number of halogens is 2. The zero-order valence-corrected chi connectivity index (χ0v) is 10.9. The lowest BCUT2D eigenvalue weighted by molar-refractivity contribution is 0.584. The van der Waals surface area contributed by atoms with E-state index >= 15 is 0 Å². The van der Waals surface area contributed by atoms with Gasteiger partial charge in [0, 0.05) is 21.9 Å². The molecule has 0 amide bonds. The SMILES string of the molecule is CCCC(N)c1ccc(-c2cc(F)cc(F)c2)s1. The topological polar surface area (TPSA) is 26.0 Å². The number of hydrogen-bond acceptors (Lipinski definition) is 2. The van der Waals surface area contributed by atoms with Crippen LogP contribution >= 0.6 is 11.3 Å². The summed E-state index contributed by atoms with van der Waals surface area (Å²) in [5, 5.41) is 0. The molecule has 0 radical (unpaired) electrons. The van der Waals surface area contributed by atoms with Gasteiger partial charge in [-0.3, -0.25) is 0 Å². The van der Waals surface area contributed by atoms with Gasteiger partial charge in [-0.05, 0) is 36.2 Å². The Kier molecular flexibility index (Phi) is 4.09. The van der Waals surface area contributed by atoms with Crippen molar-refractivity contribution in [2.45, 2.75) is 25.8 Å². The zero-order valence-electron chi connectivity index (χ0n) is 10.1. The molecule has 1 unspecified atom stereocenters. The van der Waals surface area contributed by atoms with Crippen molar-refractivity contribution in [3.63, 3.8) is 0 Å². The summed E-state index contributed by atoms with van der Waals surface area (Å²) in [5.41, 5.74) is 6.58. The molecule has 0 aliphatic heterocycles. The van der Waals surface area contributed by atoms with Crippen molar-refractivity contribution >= 4 is 11.3 Å². The molecule has 2 aromatic rings. The fraction of sp³-hybridized carbons (Fsp3) is 0.286. The lowest BCUT2D eigenvalue weighted by Crippen LogP contribution is -2.07. The molecule has 1 heterocycles. The van der Waals surface area contributed by atoms with Gasteiger partial charge in [-0.2, -0.15) is 0 Å². The second-order valence-electron chi connectivity index (χ2n) is 4.26. The first-order valence-electron chi connectivity index (χ1n) is 5.92. The number of nitrogens with two attached hydrogens (primary N) is 1. The van der Waals surface area contributed by atoms with E-state index in [1.54, 1.807) is 0 Å². The third-order valence-corrected chi connectivity index (χ3v) is 4.01. The van der Waals surface area contributed by atoms with Gasteiger partial charge in [0.05, 0.1) is 0 Å². The number of rotatable bonds is 4. The standard InChI is InChI=1S/C14H15F2NS/c1-2-3-12(17)14-5-4-13(18-14)9-6-10(15)8-11(16)7-9/h4-8,12H,2-3,17H2,1H3. The monoisotopic (exact) mass is 267 g/mol. The molecule has 2 N–H and O–H groups in total. The summed E-state index contributed by atoms with van der Waals surface area (Å²) in [7, 11) is 0. The molecule has 0 saturated carbocycles. The van der Waals surface area contributed by atoms with E-state index in [1.165, 1.54) is 23.5 Å². The van der Waals surface area contributed by atoms with Crippen LogP contribution < -0.4 is 5.73 Å². The zero-order chi connectivity index (χ0) is 13.1. The quantitative estimate of drug-likeness (QED) is 0.867. The van der Waals surface area contributed by atoms with Crippen molar-refractivity contribution in [1.29, 1.82) is 0 Å². The minimum absolute atomic E-state index is 0.00663. The van der Waals surface area contributed by atoms with Crippen molar-refractivity contribution < 1.29 is 8.78 Å². The summed E-state index contributed by atoms with van der Waals surface area (Å²) in [5.74, 6) is -1.12. The van der Waals surface area contributed by atoms with Crippen LogP contribution in [0.25, 0.3) is 10.4 Å². The van der Waals surface area contributed by atoms with E-state index in [0.29, 0.717) is 5.56 Å². The molecular weight excluding hydrogens is 252 g/mol. The summed E-state index contributed by atoms with van der Waals surface area (Å²) in [4.78, 5) is 1.89. The van der Waals surface area contributed by atoms with Crippen molar-refractivity contribution in [3.8, 4) is 10.4 Å². The van der Waals surface area contributed by atoms with E-state index in [1.807, 2.05) is 12.1 Å². The van der Waals surface area contributed by atoms with Crippen LogP contribution in [-0.4, -0.2) is 0 Å². The van der Waals surface area contributed by atoms with Crippen molar-refractivity contribution in [1.82, 2.24) is 0 Å². The van der Waals surface area contributed by atoms with Gasteiger partial charge in [0.2, 0.25) is 0 Å². The molecule has 2 rings (SSSR count). The van der Waals surface area contributed by atoms with Gasteiger partial charge in [-0.15, -0.1) is 11.3 Å². The van der Waals surface area contributed by atoms with E-state index < -0.39 is 11.6 Å². The molecule has 0 fully saturated rings. The second-order valence-corrected chi connectivity index (χ2v) is 5.37. The fourth-order valence-corrected chi connectivity index (χ4v) is 2.89. The molecule has 18 heavy (non-hydrogen) atoms. The second kappa shape index (κ2) is 5.59. The Morgan fingerprint density at radius 3 is 2.44 bits per heavy atom. The molecule has 1 atom stereocenters. The fourth-order valence-electron chi connectivity index (χ4n) is 1.86. The molecule has 0 spiro atoms. The Balaban J connectivity index is 2.29. The number of thiophene rings is 1. The van der Waals surface area contributed by atoms with Gasteiger partial charge in [-0.25, -0.2) is 8.78 Å². The first-order chi connectivity index (χ1) is 8.60. The van der Waals surface area contributed by atoms with Crippen molar-refractivity contribution in [3.05, 3.63) is 46.8 Å². The molecule has 0 aliphatic rings. The maximum atomic E-state index is 13.1. The summed E-state index contributed by atoms with van der Waals surface area (Å²) >= 11 is 1.49. The predicted octanol–water partition coefficient (Wildman–Crippen LogP) is 4.49. The van der Waals surface area contributed by atoms with Crippen LogP contribution in [0.4, 0.5) is 8.78 Å². The maximum Gasteiger partial charge on any atom is 0.126 e. The molecule has 1 aromatic carbocycles. The molecule has 4 heteroatoms. The Morgan fingerprint density at radius 1 is 1.17 bits per heavy atom. The summed E-state index contributed by atoms with van der Waals surface area (Å²) in [6.07, 6.45) is 1.93. The maximum absolute atomic E-state index is 13.1. The van der Waals surface area contributed by atoms with Crippen LogP contribution in [0, 0.1) is 11.6 Å². The average Bonchev–Trinajstić information content (AvgIpc) is 2.77. The normalized spacial score (nSPS) is 12.7. The van der Waals surface area contributed by atoms with Crippen LogP contribution in [0.5, 0.6) is 0 Å². The number of benzene rings is 1. The van der Waals surface area contributed by atoms with Gasteiger partial charge in [0.1, 0.15) is 11.6 Å². The minimum Gasteiger partial charge on any atom is -0.323 e. The third kappa shape index (κ3) is 2.94. The third-order valence-electron chi connectivity index (χ3n) is 2.74. The van der Waals surface area contributed by atoms with Crippen LogP contribution in [-0.2, 0) is 0 Å².